The summed E-state index contributed by atoms with van der Waals surface area (Å²) < 4.78 is 6.04. The van der Waals surface area contributed by atoms with Crippen LogP contribution in [-0.2, 0) is 0 Å². The van der Waals surface area contributed by atoms with Crippen molar-refractivity contribution in [3.05, 3.63) is 24.3 Å². The molecule has 13 heavy (non-hydrogen) atoms. The lowest BCUT2D eigenvalue weighted by molar-refractivity contribution is -0.00000312. The minimum absolute atomic E-state index is 0. The van der Waals surface area contributed by atoms with Crippen molar-refractivity contribution in [3.8, 4) is 5.75 Å². The second-order valence-electron chi connectivity index (χ2n) is 3.68. The molecule has 0 unspecified atom stereocenters. The van der Waals surface area contributed by atoms with E-state index >= 15 is 0 Å². The van der Waals surface area contributed by atoms with Gasteiger partial charge in [-0.25, -0.2) is 0 Å². The molecule has 3 heteroatoms. The molecule has 0 saturated heterocycles. The molecule has 0 amide bonds. The number of nitrogens with zero attached hydrogens (tertiary/aromatic N) is 1. The highest BCUT2D eigenvalue weighted by Gasteiger charge is 2.16. The van der Waals surface area contributed by atoms with Crippen molar-refractivity contribution < 1.29 is 28.7 Å². The Morgan fingerprint density at radius 3 is 2.00 bits per heavy atom. The van der Waals surface area contributed by atoms with Crippen molar-refractivity contribution in [2.75, 3.05) is 28.3 Å². The molecule has 1 aromatic rings. The summed E-state index contributed by atoms with van der Waals surface area (Å²) in [4.78, 5) is 0. The van der Waals surface area contributed by atoms with Gasteiger partial charge in [-0.1, -0.05) is 12.1 Å². The summed E-state index contributed by atoms with van der Waals surface area (Å²) in [7, 11) is 8.07. The van der Waals surface area contributed by atoms with Gasteiger partial charge in [0.2, 0.25) is 0 Å². The van der Waals surface area contributed by atoms with Crippen LogP contribution in [0.15, 0.2) is 24.3 Å². The second-order valence-corrected chi connectivity index (χ2v) is 3.68. The van der Waals surface area contributed by atoms with Gasteiger partial charge in [-0.3, -0.25) is 4.48 Å². The zero-order chi connectivity index (χ0) is 9.19. The smallest absolute Gasteiger partial charge is 0.179 e. The predicted molar refractivity (Wildman–Crippen MR) is 52.6 cm³/mol. The van der Waals surface area contributed by atoms with Crippen molar-refractivity contribution >= 4 is 5.69 Å². The van der Waals surface area contributed by atoms with Crippen LogP contribution in [0.4, 0.5) is 5.69 Å². The first-order valence-corrected chi connectivity index (χ1v) is 4.00. The highest BCUT2D eigenvalue weighted by atomic mass is 127. The third-order valence-electron chi connectivity index (χ3n) is 1.81. The molecule has 2 nitrogen and oxygen atoms in total. The molecule has 0 atom stereocenters. The molecule has 0 heterocycles. The van der Waals surface area contributed by atoms with Gasteiger partial charge in [0.15, 0.2) is 11.4 Å². The van der Waals surface area contributed by atoms with Crippen LogP contribution in [0.3, 0.4) is 0 Å². The zero-order valence-corrected chi connectivity index (χ0v) is 10.7. The largest absolute Gasteiger partial charge is 1.00 e. The van der Waals surface area contributed by atoms with Crippen LogP contribution in [0.25, 0.3) is 0 Å². The highest BCUT2D eigenvalue weighted by Crippen LogP contribution is 2.28. The van der Waals surface area contributed by atoms with Crippen molar-refractivity contribution in [2.24, 2.45) is 0 Å². The number of rotatable bonds is 2. The average Bonchev–Trinajstić information content (AvgIpc) is 2.03. The molecule has 0 aliphatic carbocycles. The highest BCUT2D eigenvalue weighted by molar-refractivity contribution is 5.54. The molecule has 0 aromatic heterocycles. The minimum atomic E-state index is 0. The lowest BCUT2D eigenvalue weighted by Gasteiger charge is -2.24. The Morgan fingerprint density at radius 2 is 1.62 bits per heavy atom. The number of ether oxygens (including phenoxy) is 1. The van der Waals surface area contributed by atoms with Crippen molar-refractivity contribution in [3.63, 3.8) is 0 Å². The van der Waals surface area contributed by atoms with E-state index in [2.05, 4.69) is 27.2 Å². The maximum absolute atomic E-state index is 5.26. The fraction of sp³-hybridized carbons (Fsp3) is 0.400. The standard InChI is InChI=1S/C10H16NO.HI/c1-11(2,3)9-7-5-6-8-10(9)12-4;/h5-8H,1-4H3;1H/q+1;/p-1. The fourth-order valence-electron chi connectivity index (χ4n) is 1.18. The summed E-state index contributed by atoms with van der Waals surface area (Å²) in [5.74, 6) is 0.949. The van der Waals surface area contributed by atoms with E-state index in [-0.39, 0.29) is 24.0 Å². The molecule has 0 bridgehead atoms. The van der Waals surface area contributed by atoms with E-state index in [4.69, 9.17) is 4.74 Å². The summed E-state index contributed by atoms with van der Waals surface area (Å²) in [5, 5.41) is 0. The lowest BCUT2D eigenvalue weighted by Crippen LogP contribution is -3.00. The Kier molecular flexibility index (Phi) is 4.70. The van der Waals surface area contributed by atoms with Crippen LogP contribution >= 0.6 is 0 Å². The number of halogens is 1. The molecule has 1 rings (SSSR count). The van der Waals surface area contributed by atoms with E-state index in [0.717, 1.165) is 10.2 Å². The summed E-state index contributed by atoms with van der Waals surface area (Å²) in [5.41, 5.74) is 1.19. The molecule has 0 radical (unpaired) electrons. The number of para-hydroxylation sites is 2. The molecule has 0 N–H and O–H groups in total. The molecule has 0 aliphatic rings. The molecule has 74 valence electrons. The SMILES string of the molecule is COc1ccccc1[N+](C)(C)C.[I-]. The minimum Gasteiger partial charge on any atom is -1.00 e. The Hall–Kier alpha value is -0.290. The predicted octanol–water partition coefficient (Wildman–Crippen LogP) is -1.10. The van der Waals surface area contributed by atoms with E-state index in [1.54, 1.807) is 7.11 Å². The van der Waals surface area contributed by atoms with Crippen LogP contribution < -0.4 is 33.2 Å². The first kappa shape index (κ1) is 12.7. The number of benzene rings is 1. The summed E-state index contributed by atoms with van der Waals surface area (Å²) in [6.07, 6.45) is 0. The monoisotopic (exact) mass is 293 g/mol. The number of hydrogen-bond donors (Lipinski definition) is 0. The molecule has 0 saturated carbocycles. The maximum Gasteiger partial charge on any atom is 0.179 e. The van der Waals surface area contributed by atoms with E-state index < -0.39 is 0 Å². The molecular formula is C10H16INO. The van der Waals surface area contributed by atoms with Crippen molar-refractivity contribution in [2.45, 2.75) is 0 Å². The summed E-state index contributed by atoms with van der Waals surface area (Å²) in [6, 6.07) is 8.08. The Morgan fingerprint density at radius 1 is 1.08 bits per heavy atom. The number of quaternary nitrogens is 1. The van der Waals surface area contributed by atoms with Crippen LogP contribution in [0.5, 0.6) is 5.75 Å². The van der Waals surface area contributed by atoms with Crippen molar-refractivity contribution in [1.29, 1.82) is 0 Å². The number of methoxy groups -OCH3 is 1. The van der Waals surface area contributed by atoms with Crippen LogP contribution in [0, 0.1) is 0 Å². The lowest BCUT2D eigenvalue weighted by atomic mass is 10.2. The van der Waals surface area contributed by atoms with Gasteiger partial charge in [-0.2, -0.15) is 0 Å². The topological polar surface area (TPSA) is 9.23 Å². The Labute approximate surface area is 97.1 Å². The third-order valence-corrected chi connectivity index (χ3v) is 1.81. The molecule has 0 fully saturated rings. The molecule has 0 aliphatic heterocycles. The quantitative estimate of drug-likeness (QED) is 0.497. The van der Waals surface area contributed by atoms with Gasteiger partial charge >= 0.3 is 0 Å². The Balaban J connectivity index is 0.00000144. The number of hydrogen-bond acceptors (Lipinski definition) is 1. The maximum atomic E-state index is 5.26. The molecule has 0 spiro atoms. The Bertz CT molecular complexity index is 268. The average molecular weight is 293 g/mol. The van der Waals surface area contributed by atoms with Gasteiger partial charge in [0.1, 0.15) is 0 Å². The van der Waals surface area contributed by atoms with E-state index in [1.807, 2.05) is 18.2 Å². The van der Waals surface area contributed by atoms with Gasteiger partial charge < -0.3 is 28.7 Å². The van der Waals surface area contributed by atoms with Crippen molar-refractivity contribution in [1.82, 2.24) is 4.48 Å². The van der Waals surface area contributed by atoms with E-state index in [1.165, 1.54) is 5.69 Å². The summed E-state index contributed by atoms with van der Waals surface area (Å²) in [6.45, 7) is 0. The first-order valence-electron chi connectivity index (χ1n) is 4.00. The van der Waals surface area contributed by atoms with E-state index in [9.17, 15) is 0 Å². The van der Waals surface area contributed by atoms with Gasteiger partial charge in [0.05, 0.1) is 28.3 Å². The van der Waals surface area contributed by atoms with Gasteiger partial charge in [-0.15, -0.1) is 0 Å². The normalized spacial score (nSPS) is 10.5. The van der Waals surface area contributed by atoms with Crippen LogP contribution in [-0.4, -0.2) is 28.3 Å². The first-order chi connectivity index (χ1) is 5.55. The van der Waals surface area contributed by atoms with Crippen LogP contribution in [0.2, 0.25) is 0 Å². The van der Waals surface area contributed by atoms with Crippen LogP contribution in [0.1, 0.15) is 0 Å². The third kappa shape index (κ3) is 3.15. The zero-order valence-electron chi connectivity index (χ0n) is 8.54. The molecular weight excluding hydrogens is 277 g/mol. The van der Waals surface area contributed by atoms with Gasteiger partial charge in [0, 0.05) is 6.07 Å². The fourth-order valence-corrected chi connectivity index (χ4v) is 1.18. The molecule has 1 aromatic carbocycles. The van der Waals surface area contributed by atoms with E-state index in [0.29, 0.717) is 0 Å². The van der Waals surface area contributed by atoms with Gasteiger partial charge in [0.25, 0.3) is 0 Å². The summed E-state index contributed by atoms with van der Waals surface area (Å²) >= 11 is 0. The second kappa shape index (κ2) is 4.81. The van der Waals surface area contributed by atoms with Gasteiger partial charge in [-0.05, 0) is 6.07 Å².